The zero-order valence-electron chi connectivity index (χ0n) is 16.9. The number of anilines is 1. The number of hydrogen-bond acceptors (Lipinski definition) is 5. The number of rotatable bonds is 6. The van der Waals surface area contributed by atoms with E-state index in [4.69, 9.17) is 9.72 Å². The van der Waals surface area contributed by atoms with Crippen molar-refractivity contribution in [3.63, 3.8) is 0 Å². The number of H-pyrrole nitrogens is 1. The molecule has 3 heterocycles. The molecule has 0 radical (unpaired) electrons. The summed E-state index contributed by atoms with van der Waals surface area (Å²) in [7, 11) is 1.98. The lowest BCUT2D eigenvalue weighted by atomic mass is 10.2. The number of nitrogens with one attached hydrogen (secondary N) is 2. The Bertz CT molecular complexity index is 1320. The highest BCUT2D eigenvalue weighted by atomic mass is 16.5. The topological polar surface area (TPSA) is 80.7 Å². The van der Waals surface area contributed by atoms with Gasteiger partial charge in [-0.3, -0.25) is 0 Å². The number of aromatic nitrogens is 5. The first-order valence-electron chi connectivity index (χ1n) is 9.87. The van der Waals surface area contributed by atoms with E-state index in [2.05, 4.69) is 39.3 Å². The van der Waals surface area contributed by atoms with Gasteiger partial charge in [-0.25, -0.2) is 15.0 Å². The lowest BCUT2D eigenvalue weighted by Gasteiger charge is -2.09. The highest BCUT2D eigenvalue weighted by molar-refractivity contribution is 6.01. The molecule has 2 N–H and O–H groups in total. The summed E-state index contributed by atoms with van der Waals surface area (Å²) in [6, 6.07) is 16.0. The lowest BCUT2D eigenvalue weighted by Crippen LogP contribution is -2.12. The number of aromatic amines is 1. The number of aryl methyl sites for hydroxylation is 2. The maximum atomic E-state index is 5.78. The first kappa shape index (κ1) is 18.2. The Hall–Kier alpha value is -3.87. The van der Waals surface area contributed by atoms with E-state index in [1.165, 1.54) is 5.56 Å². The van der Waals surface area contributed by atoms with E-state index in [9.17, 15) is 0 Å². The standard InChI is InChI=1S/C23H22N6O/c1-15-8-9-18-19(12-15)28-21(27-18)17-13-29(2)23-20(17)22(25-14-26-23)24-10-11-30-16-6-4-3-5-7-16/h3-9,12-14H,10-11H2,1-2H3,(H,27,28)(H,24,25,26). The molecular formula is C23H22N6O. The molecule has 0 aliphatic carbocycles. The Morgan fingerprint density at radius 2 is 1.97 bits per heavy atom. The first-order valence-corrected chi connectivity index (χ1v) is 9.87. The molecule has 0 bridgehead atoms. The maximum Gasteiger partial charge on any atom is 0.145 e. The molecule has 0 spiro atoms. The second-order valence-corrected chi connectivity index (χ2v) is 7.27. The summed E-state index contributed by atoms with van der Waals surface area (Å²) in [5, 5.41) is 4.33. The molecule has 0 saturated heterocycles. The van der Waals surface area contributed by atoms with Crippen molar-refractivity contribution in [3.05, 3.63) is 66.6 Å². The van der Waals surface area contributed by atoms with Gasteiger partial charge in [-0.05, 0) is 36.8 Å². The molecule has 0 saturated carbocycles. The van der Waals surface area contributed by atoms with E-state index >= 15 is 0 Å². The smallest absolute Gasteiger partial charge is 0.145 e. The molecule has 0 unspecified atom stereocenters. The van der Waals surface area contributed by atoms with Crippen LogP contribution in [-0.2, 0) is 7.05 Å². The summed E-state index contributed by atoms with van der Waals surface area (Å²) in [5.41, 5.74) is 4.97. The molecule has 2 aromatic carbocycles. The number of benzene rings is 2. The third-order valence-corrected chi connectivity index (χ3v) is 5.05. The lowest BCUT2D eigenvalue weighted by molar-refractivity contribution is 0.333. The van der Waals surface area contributed by atoms with Crippen LogP contribution in [0.15, 0.2) is 61.1 Å². The van der Waals surface area contributed by atoms with Crippen LogP contribution in [0, 0.1) is 6.92 Å². The highest BCUT2D eigenvalue weighted by Crippen LogP contribution is 2.32. The largest absolute Gasteiger partial charge is 0.492 e. The van der Waals surface area contributed by atoms with Crippen molar-refractivity contribution >= 4 is 27.9 Å². The van der Waals surface area contributed by atoms with Crippen LogP contribution in [0.5, 0.6) is 5.75 Å². The third kappa shape index (κ3) is 3.34. The second kappa shape index (κ2) is 7.51. The Morgan fingerprint density at radius 3 is 2.83 bits per heavy atom. The summed E-state index contributed by atoms with van der Waals surface area (Å²) < 4.78 is 7.78. The fourth-order valence-corrected chi connectivity index (χ4v) is 3.63. The Balaban J connectivity index is 1.45. The van der Waals surface area contributed by atoms with Crippen LogP contribution < -0.4 is 10.1 Å². The molecule has 5 rings (SSSR count). The van der Waals surface area contributed by atoms with Gasteiger partial charge in [-0.15, -0.1) is 0 Å². The minimum atomic E-state index is 0.529. The predicted octanol–water partition coefficient (Wildman–Crippen LogP) is 4.31. The van der Waals surface area contributed by atoms with E-state index in [1.807, 2.05) is 54.2 Å². The van der Waals surface area contributed by atoms with Gasteiger partial charge in [0.15, 0.2) is 0 Å². The molecule has 3 aromatic heterocycles. The quantitative estimate of drug-likeness (QED) is 0.417. The molecule has 7 heteroatoms. The molecule has 0 aliphatic heterocycles. The van der Waals surface area contributed by atoms with Crippen LogP contribution in [-0.4, -0.2) is 37.7 Å². The number of nitrogens with zero attached hydrogens (tertiary/aromatic N) is 4. The number of para-hydroxylation sites is 1. The van der Waals surface area contributed by atoms with Crippen molar-refractivity contribution in [2.24, 2.45) is 7.05 Å². The Morgan fingerprint density at radius 1 is 1.10 bits per heavy atom. The van der Waals surface area contributed by atoms with Crippen LogP contribution >= 0.6 is 0 Å². The van der Waals surface area contributed by atoms with Crippen LogP contribution in [0.2, 0.25) is 0 Å². The molecule has 0 amide bonds. The van der Waals surface area contributed by atoms with Gasteiger partial charge in [0.25, 0.3) is 0 Å². The van der Waals surface area contributed by atoms with E-state index in [0.29, 0.717) is 13.2 Å². The summed E-state index contributed by atoms with van der Waals surface area (Å²) in [6.45, 7) is 3.22. The van der Waals surface area contributed by atoms with Gasteiger partial charge in [0.05, 0.1) is 23.0 Å². The molecular weight excluding hydrogens is 376 g/mol. The van der Waals surface area contributed by atoms with Crippen molar-refractivity contribution < 1.29 is 4.74 Å². The van der Waals surface area contributed by atoms with Crippen molar-refractivity contribution in [1.82, 2.24) is 24.5 Å². The SMILES string of the molecule is Cc1ccc2nc(-c3cn(C)c4ncnc(NCCOc5ccccc5)c34)[nH]c2c1. The van der Waals surface area contributed by atoms with Crippen molar-refractivity contribution in [2.45, 2.75) is 6.92 Å². The van der Waals surface area contributed by atoms with Gasteiger partial charge in [0, 0.05) is 18.8 Å². The van der Waals surface area contributed by atoms with Crippen LogP contribution in [0.3, 0.4) is 0 Å². The second-order valence-electron chi connectivity index (χ2n) is 7.27. The van der Waals surface area contributed by atoms with Gasteiger partial charge in [0.2, 0.25) is 0 Å². The van der Waals surface area contributed by atoms with Crippen molar-refractivity contribution in [2.75, 3.05) is 18.5 Å². The molecule has 7 nitrogen and oxygen atoms in total. The van der Waals surface area contributed by atoms with Gasteiger partial charge in [-0.1, -0.05) is 24.3 Å². The Kier molecular flexibility index (Phi) is 4.55. The van der Waals surface area contributed by atoms with Crippen molar-refractivity contribution in [3.8, 4) is 17.1 Å². The summed E-state index contributed by atoms with van der Waals surface area (Å²) in [4.78, 5) is 17.2. The fraction of sp³-hybridized carbons (Fsp3) is 0.174. The van der Waals surface area contributed by atoms with Gasteiger partial charge < -0.3 is 19.6 Å². The average Bonchev–Trinajstić information content (AvgIpc) is 3.33. The van der Waals surface area contributed by atoms with Gasteiger partial charge in [0.1, 0.15) is 36.0 Å². The Labute approximate surface area is 173 Å². The summed E-state index contributed by atoms with van der Waals surface area (Å²) in [5.74, 6) is 2.42. The van der Waals surface area contributed by atoms with E-state index in [0.717, 1.165) is 45.0 Å². The van der Waals surface area contributed by atoms with Gasteiger partial charge >= 0.3 is 0 Å². The maximum absolute atomic E-state index is 5.78. The van der Waals surface area contributed by atoms with E-state index in [-0.39, 0.29) is 0 Å². The normalized spacial score (nSPS) is 11.3. The van der Waals surface area contributed by atoms with Gasteiger partial charge in [-0.2, -0.15) is 0 Å². The number of ether oxygens (including phenoxy) is 1. The monoisotopic (exact) mass is 398 g/mol. The zero-order valence-corrected chi connectivity index (χ0v) is 16.9. The highest BCUT2D eigenvalue weighted by Gasteiger charge is 2.17. The van der Waals surface area contributed by atoms with Crippen LogP contribution in [0.1, 0.15) is 5.56 Å². The summed E-state index contributed by atoms with van der Waals surface area (Å²) >= 11 is 0. The number of fused-ring (bicyclic) bond motifs is 2. The van der Waals surface area contributed by atoms with Crippen LogP contribution in [0.25, 0.3) is 33.5 Å². The van der Waals surface area contributed by atoms with Crippen LogP contribution in [0.4, 0.5) is 5.82 Å². The molecule has 5 aromatic rings. The molecule has 0 atom stereocenters. The average molecular weight is 398 g/mol. The number of imidazole rings is 1. The van der Waals surface area contributed by atoms with Crippen molar-refractivity contribution in [1.29, 1.82) is 0 Å². The minimum Gasteiger partial charge on any atom is -0.492 e. The van der Waals surface area contributed by atoms with E-state index < -0.39 is 0 Å². The molecule has 150 valence electrons. The molecule has 0 fully saturated rings. The fourth-order valence-electron chi connectivity index (χ4n) is 3.63. The minimum absolute atomic E-state index is 0.529. The summed E-state index contributed by atoms with van der Waals surface area (Å²) in [6.07, 6.45) is 3.62. The zero-order chi connectivity index (χ0) is 20.5. The third-order valence-electron chi connectivity index (χ3n) is 5.05. The number of hydrogen-bond donors (Lipinski definition) is 2. The first-order chi connectivity index (χ1) is 14.7. The predicted molar refractivity (Wildman–Crippen MR) is 119 cm³/mol. The molecule has 0 aliphatic rings. The van der Waals surface area contributed by atoms with E-state index in [1.54, 1.807) is 6.33 Å². The molecule has 30 heavy (non-hydrogen) atoms.